The molecule has 2 N–H and O–H groups in total. The van der Waals surface area contributed by atoms with Gasteiger partial charge in [-0.2, -0.15) is 9.97 Å². The molecule has 2 aromatic heterocycles. The number of rotatable bonds is 7. The number of amides is 1. The van der Waals surface area contributed by atoms with E-state index in [0.29, 0.717) is 24.5 Å². The molecule has 0 saturated carbocycles. The third-order valence-electron chi connectivity index (χ3n) is 4.86. The van der Waals surface area contributed by atoms with Crippen LogP contribution in [0.3, 0.4) is 0 Å². The van der Waals surface area contributed by atoms with E-state index in [1.54, 1.807) is 33.2 Å². The minimum Gasteiger partial charge on any atom is -0.609 e. The molecule has 0 radical (unpaired) electrons. The lowest BCUT2D eigenvalue weighted by Gasteiger charge is -2.14. The highest BCUT2D eigenvalue weighted by atomic mass is 32.2. The van der Waals surface area contributed by atoms with E-state index >= 15 is 0 Å². The minimum absolute atomic E-state index is 0.0452. The van der Waals surface area contributed by atoms with Crippen LogP contribution in [-0.2, 0) is 17.7 Å². The number of hydrogen-bond acceptors (Lipinski definition) is 7. The maximum absolute atomic E-state index is 13.3. The molecule has 0 bridgehead atoms. The molecule has 3 aromatic rings. The van der Waals surface area contributed by atoms with Crippen LogP contribution in [0.25, 0.3) is 11.2 Å². The highest BCUT2D eigenvalue weighted by Gasteiger charge is 2.27. The summed E-state index contributed by atoms with van der Waals surface area (Å²) in [4.78, 5) is 36.1. The Bertz CT molecular complexity index is 1140. The average molecular weight is 447 g/mol. The van der Waals surface area contributed by atoms with Crippen LogP contribution in [0.1, 0.15) is 25.8 Å². The van der Waals surface area contributed by atoms with Crippen molar-refractivity contribution in [1.29, 1.82) is 0 Å². The first-order valence-corrected chi connectivity index (χ1v) is 11.2. The van der Waals surface area contributed by atoms with Crippen molar-refractivity contribution in [3.05, 3.63) is 40.3 Å². The van der Waals surface area contributed by atoms with E-state index in [-0.39, 0.29) is 28.7 Å². The molecule has 3 rings (SSSR count). The first-order chi connectivity index (χ1) is 14.8. The van der Waals surface area contributed by atoms with Crippen LogP contribution < -0.4 is 16.2 Å². The maximum atomic E-state index is 13.3. The number of nitrogens with two attached hydrogens (primary N) is 1. The van der Waals surface area contributed by atoms with E-state index < -0.39 is 22.9 Å². The van der Waals surface area contributed by atoms with Gasteiger partial charge in [-0.1, -0.05) is 19.1 Å². The van der Waals surface area contributed by atoms with Crippen molar-refractivity contribution < 1.29 is 14.1 Å². The molecule has 1 amide bonds. The second kappa shape index (κ2) is 9.40. The molecule has 1 unspecified atom stereocenters. The van der Waals surface area contributed by atoms with Gasteiger partial charge in [0.25, 0.3) is 0 Å². The highest BCUT2D eigenvalue weighted by molar-refractivity contribution is 7.91. The Morgan fingerprint density at radius 1 is 1.26 bits per heavy atom. The van der Waals surface area contributed by atoms with Gasteiger partial charge in [0.15, 0.2) is 11.5 Å². The number of carbonyl (C=O) groups is 1. The second-order valence-electron chi connectivity index (χ2n) is 6.96. The first-order valence-electron chi connectivity index (χ1n) is 9.87. The SMILES string of the molecule is CCC[S+]([O-])c1nc(N)c2c(n1)n(Cc1ccc(OC)cc1)c(=O)n2C(=O)N(C)CC. The predicted octanol–water partition coefficient (Wildman–Crippen LogP) is 1.67. The zero-order valence-electron chi connectivity index (χ0n) is 18.0. The summed E-state index contributed by atoms with van der Waals surface area (Å²) in [5.74, 6) is 0.987. The molecule has 2 heterocycles. The normalized spacial score (nSPS) is 12.2. The number of benzene rings is 1. The molecular formula is C20H26N6O4S. The van der Waals surface area contributed by atoms with Crippen LogP contribution in [0.2, 0.25) is 0 Å². The van der Waals surface area contributed by atoms with Gasteiger partial charge in [0.2, 0.25) is 0 Å². The van der Waals surface area contributed by atoms with Gasteiger partial charge in [0.05, 0.1) is 13.7 Å². The van der Waals surface area contributed by atoms with Gasteiger partial charge in [0, 0.05) is 24.8 Å². The van der Waals surface area contributed by atoms with E-state index in [0.717, 1.165) is 10.1 Å². The molecule has 1 atom stereocenters. The van der Waals surface area contributed by atoms with E-state index in [2.05, 4.69) is 9.97 Å². The van der Waals surface area contributed by atoms with Gasteiger partial charge in [-0.25, -0.2) is 14.2 Å². The fourth-order valence-corrected chi connectivity index (χ4v) is 4.01. The molecule has 0 spiro atoms. The van der Waals surface area contributed by atoms with Crippen molar-refractivity contribution in [1.82, 2.24) is 24.0 Å². The second-order valence-corrected chi connectivity index (χ2v) is 8.43. The van der Waals surface area contributed by atoms with Crippen molar-refractivity contribution in [3.63, 3.8) is 0 Å². The van der Waals surface area contributed by atoms with Crippen LogP contribution in [0.5, 0.6) is 5.75 Å². The van der Waals surface area contributed by atoms with Gasteiger partial charge >= 0.3 is 16.9 Å². The smallest absolute Gasteiger partial charge is 0.346 e. The molecular weight excluding hydrogens is 420 g/mol. The van der Waals surface area contributed by atoms with Crippen molar-refractivity contribution >= 4 is 34.2 Å². The van der Waals surface area contributed by atoms with E-state index in [4.69, 9.17) is 10.5 Å². The minimum atomic E-state index is -1.47. The summed E-state index contributed by atoms with van der Waals surface area (Å²) in [5, 5.41) is 0.0452. The summed E-state index contributed by atoms with van der Waals surface area (Å²) in [6.45, 7) is 4.24. The van der Waals surface area contributed by atoms with E-state index in [1.807, 2.05) is 19.1 Å². The lowest BCUT2D eigenvalue weighted by molar-refractivity contribution is 0.212. The van der Waals surface area contributed by atoms with Crippen molar-refractivity contribution in [2.24, 2.45) is 0 Å². The molecule has 11 heteroatoms. The fraction of sp³-hybridized carbons (Fsp3) is 0.400. The molecule has 0 fully saturated rings. The first kappa shape index (κ1) is 22.6. The summed E-state index contributed by atoms with van der Waals surface area (Å²) in [7, 11) is 3.16. The number of aromatic nitrogens is 4. The number of fused-ring (bicyclic) bond motifs is 1. The van der Waals surface area contributed by atoms with E-state index in [1.165, 1.54) is 9.47 Å². The Morgan fingerprint density at radius 3 is 2.52 bits per heavy atom. The van der Waals surface area contributed by atoms with Crippen LogP contribution in [0.15, 0.2) is 34.2 Å². The fourth-order valence-electron chi connectivity index (χ4n) is 3.07. The lowest BCUT2D eigenvalue weighted by Crippen LogP contribution is -2.38. The van der Waals surface area contributed by atoms with Crippen molar-refractivity contribution in [2.45, 2.75) is 32.0 Å². The third kappa shape index (κ3) is 4.37. The summed E-state index contributed by atoms with van der Waals surface area (Å²) in [5.41, 5.74) is 6.63. The Morgan fingerprint density at radius 2 is 1.94 bits per heavy atom. The molecule has 166 valence electrons. The topological polar surface area (TPSA) is 131 Å². The zero-order valence-corrected chi connectivity index (χ0v) is 18.8. The van der Waals surface area contributed by atoms with Gasteiger partial charge in [-0.05, 0) is 31.0 Å². The van der Waals surface area contributed by atoms with Gasteiger partial charge in [-0.15, -0.1) is 0 Å². The molecule has 0 aliphatic carbocycles. The van der Waals surface area contributed by atoms with Crippen LogP contribution in [-0.4, -0.2) is 61.0 Å². The number of imidazole rings is 1. The van der Waals surface area contributed by atoms with Gasteiger partial charge < -0.3 is 19.9 Å². The number of methoxy groups -OCH3 is 1. The molecule has 31 heavy (non-hydrogen) atoms. The third-order valence-corrected chi connectivity index (χ3v) is 6.23. The maximum Gasteiger partial charge on any atom is 0.346 e. The number of ether oxygens (including phenoxy) is 1. The van der Waals surface area contributed by atoms with Gasteiger partial charge in [0.1, 0.15) is 17.0 Å². The Labute approximate surface area is 182 Å². The Hall–Kier alpha value is -3.05. The summed E-state index contributed by atoms with van der Waals surface area (Å²) in [6, 6.07) is 6.65. The number of nitrogens with zero attached hydrogens (tertiary/aromatic N) is 5. The monoisotopic (exact) mass is 446 g/mol. The van der Waals surface area contributed by atoms with Crippen molar-refractivity contribution in [3.8, 4) is 5.75 Å². The van der Waals surface area contributed by atoms with Gasteiger partial charge in [-0.3, -0.25) is 4.57 Å². The van der Waals surface area contributed by atoms with Crippen LogP contribution >= 0.6 is 0 Å². The highest BCUT2D eigenvalue weighted by Crippen LogP contribution is 2.22. The quantitative estimate of drug-likeness (QED) is 0.431. The Kier molecular flexibility index (Phi) is 6.86. The van der Waals surface area contributed by atoms with Crippen molar-refractivity contribution in [2.75, 3.05) is 32.2 Å². The summed E-state index contributed by atoms with van der Waals surface area (Å²) >= 11 is -1.47. The Balaban J connectivity index is 2.23. The zero-order chi connectivity index (χ0) is 22.7. The largest absolute Gasteiger partial charge is 0.609 e. The van der Waals surface area contributed by atoms with Crippen LogP contribution in [0.4, 0.5) is 10.6 Å². The predicted molar refractivity (Wildman–Crippen MR) is 119 cm³/mol. The summed E-state index contributed by atoms with van der Waals surface area (Å²) in [6.07, 6.45) is 0.674. The number of carbonyl (C=O) groups excluding carboxylic acids is 1. The molecule has 0 aliphatic rings. The standard InChI is InChI=1S/C20H26N6O4S/c1-5-11-31(29)18-22-16(21)15-17(23-18)25(12-13-7-9-14(30-4)10-8-13)20(28)26(15)19(27)24(3)6-2/h7-10H,5-6,11-12H2,1-4H3,(H2,21,22,23). The van der Waals surface area contributed by atoms with Crippen LogP contribution in [0, 0.1) is 0 Å². The molecule has 0 saturated heterocycles. The van der Waals surface area contributed by atoms with E-state index in [9.17, 15) is 14.1 Å². The number of anilines is 1. The lowest BCUT2D eigenvalue weighted by atomic mass is 10.2. The molecule has 1 aromatic carbocycles. The number of nitrogen functional groups attached to an aromatic ring is 1. The number of hydrogen-bond donors (Lipinski definition) is 1. The summed E-state index contributed by atoms with van der Waals surface area (Å²) < 4.78 is 20.0. The molecule has 10 nitrogen and oxygen atoms in total. The average Bonchev–Trinajstić information content (AvgIpc) is 3.05. The molecule has 0 aliphatic heterocycles.